The van der Waals surface area contributed by atoms with Gasteiger partial charge in [0.05, 0.1) is 13.2 Å². The van der Waals surface area contributed by atoms with E-state index in [-0.39, 0.29) is 0 Å². The fraction of sp³-hybridized carbons (Fsp3) is 0.667. The van der Waals surface area contributed by atoms with E-state index in [1.165, 1.54) is 0 Å². The van der Waals surface area contributed by atoms with E-state index in [0.717, 1.165) is 0 Å². The lowest BCUT2D eigenvalue weighted by Gasteiger charge is -1.86. The van der Waals surface area contributed by atoms with Crippen molar-refractivity contribution in [2.75, 3.05) is 13.2 Å². The molecular formula is C6H10Cl2O4. The Labute approximate surface area is 80.7 Å². The van der Waals surface area contributed by atoms with Crippen molar-refractivity contribution in [1.82, 2.24) is 0 Å². The first-order valence-corrected chi connectivity index (χ1v) is 3.94. The molecule has 0 saturated carbocycles. The molecule has 0 aromatic carbocycles. The maximum absolute atomic E-state index is 9.59. The first kappa shape index (κ1) is 14.1. The molecule has 12 heavy (non-hydrogen) atoms. The number of halogens is 2. The van der Waals surface area contributed by atoms with Gasteiger partial charge < -0.3 is 9.47 Å². The second kappa shape index (κ2) is 10.5. The minimum atomic E-state index is -0.738. The molecule has 0 aromatic rings. The van der Waals surface area contributed by atoms with Crippen molar-refractivity contribution >= 4 is 34.1 Å². The highest BCUT2D eigenvalue weighted by Gasteiger charge is 1.86. The maximum atomic E-state index is 9.59. The lowest BCUT2D eigenvalue weighted by Crippen LogP contribution is -1.89. The summed E-state index contributed by atoms with van der Waals surface area (Å²) < 4.78 is 8.34. The van der Waals surface area contributed by atoms with Gasteiger partial charge >= 0.3 is 10.9 Å². The van der Waals surface area contributed by atoms with Crippen LogP contribution in [0.2, 0.25) is 0 Å². The predicted molar refractivity (Wildman–Crippen MR) is 45.8 cm³/mol. The summed E-state index contributed by atoms with van der Waals surface area (Å²) in [7, 11) is 0. The fourth-order valence-corrected chi connectivity index (χ4v) is 0.445. The van der Waals surface area contributed by atoms with Gasteiger partial charge in [-0.15, -0.1) is 0 Å². The minimum absolute atomic E-state index is 0.350. The molecule has 0 spiro atoms. The van der Waals surface area contributed by atoms with Gasteiger partial charge in [-0.1, -0.05) is 0 Å². The van der Waals surface area contributed by atoms with Crippen molar-refractivity contribution in [2.24, 2.45) is 0 Å². The summed E-state index contributed by atoms with van der Waals surface area (Å²) in [6, 6.07) is 0. The van der Waals surface area contributed by atoms with Crippen LogP contribution in [0.4, 0.5) is 9.59 Å². The van der Waals surface area contributed by atoms with Crippen molar-refractivity contribution in [3.63, 3.8) is 0 Å². The molecule has 0 aliphatic rings. The first-order chi connectivity index (χ1) is 5.54. The van der Waals surface area contributed by atoms with Crippen molar-refractivity contribution in [3.05, 3.63) is 0 Å². The van der Waals surface area contributed by atoms with Gasteiger partial charge in [0, 0.05) is 23.2 Å². The smallest absolute Gasteiger partial charge is 0.403 e. The van der Waals surface area contributed by atoms with Crippen LogP contribution in [0.25, 0.3) is 0 Å². The molecule has 72 valence electrons. The quantitative estimate of drug-likeness (QED) is 0.667. The Morgan fingerprint density at radius 3 is 1.25 bits per heavy atom. The van der Waals surface area contributed by atoms with Gasteiger partial charge in [-0.3, -0.25) is 0 Å². The molecular weight excluding hydrogens is 207 g/mol. The summed E-state index contributed by atoms with van der Waals surface area (Å²) >= 11 is 9.43. The number of carbonyl (C=O) groups is 2. The van der Waals surface area contributed by atoms with E-state index in [2.05, 4.69) is 9.47 Å². The van der Waals surface area contributed by atoms with Gasteiger partial charge in [-0.25, -0.2) is 9.59 Å². The molecule has 0 fully saturated rings. The normalized spacial score (nSPS) is 7.67. The zero-order valence-corrected chi connectivity index (χ0v) is 8.31. The number of hydrogen-bond donors (Lipinski definition) is 0. The molecule has 0 saturated heterocycles. The summed E-state index contributed by atoms with van der Waals surface area (Å²) in [4.78, 5) is 19.2. The van der Waals surface area contributed by atoms with Crippen LogP contribution in [0.3, 0.4) is 0 Å². The van der Waals surface area contributed by atoms with Crippen LogP contribution in [0, 0.1) is 0 Å². The average molecular weight is 217 g/mol. The largest absolute Gasteiger partial charge is 0.454 e. The Balaban J connectivity index is 0. The zero-order valence-electron chi connectivity index (χ0n) is 6.80. The second-order valence-electron chi connectivity index (χ2n) is 1.34. The molecule has 0 aliphatic heterocycles. The molecule has 0 N–H and O–H groups in total. The van der Waals surface area contributed by atoms with Gasteiger partial charge in [0.15, 0.2) is 0 Å². The van der Waals surface area contributed by atoms with Crippen LogP contribution in [0.1, 0.15) is 13.8 Å². The molecule has 0 aromatic heterocycles. The second-order valence-corrected chi connectivity index (χ2v) is 1.96. The standard InChI is InChI=1S/2C3H5ClO2/c2*1-2-6-3(4)5/h2*2H2,1H3. The summed E-state index contributed by atoms with van der Waals surface area (Å²) in [6.45, 7) is 4.09. The summed E-state index contributed by atoms with van der Waals surface area (Å²) in [5.74, 6) is 0. The van der Waals surface area contributed by atoms with E-state index < -0.39 is 10.9 Å². The number of ether oxygens (including phenoxy) is 2. The van der Waals surface area contributed by atoms with E-state index in [0.29, 0.717) is 13.2 Å². The van der Waals surface area contributed by atoms with E-state index in [1.54, 1.807) is 13.8 Å². The SMILES string of the molecule is CCOC(=O)Cl.CCOC(=O)Cl. The van der Waals surface area contributed by atoms with Crippen LogP contribution < -0.4 is 0 Å². The van der Waals surface area contributed by atoms with Gasteiger partial charge in [0.25, 0.3) is 0 Å². The van der Waals surface area contributed by atoms with Crippen LogP contribution >= 0.6 is 23.2 Å². The lowest BCUT2D eigenvalue weighted by atomic mass is 10.9. The van der Waals surface area contributed by atoms with Crippen molar-refractivity contribution < 1.29 is 19.1 Å². The van der Waals surface area contributed by atoms with Crippen LogP contribution in [0.5, 0.6) is 0 Å². The van der Waals surface area contributed by atoms with Crippen LogP contribution in [-0.2, 0) is 9.47 Å². The minimum Gasteiger partial charge on any atom is -0.454 e. The fourth-order valence-electron chi connectivity index (χ4n) is 0.227. The third kappa shape index (κ3) is 22.7. The molecule has 0 heterocycles. The molecule has 0 unspecified atom stereocenters. The highest BCUT2D eigenvalue weighted by Crippen LogP contribution is 1.83. The maximum Gasteiger partial charge on any atom is 0.403 e. The topological polar surface area (TPSA) is 52.6 Å². The van der Waals surface area contributed by atoms with Crippen LogP contribution in [-0.4, -0.2) is 24.1 Å². The lowest BCUT2D eigenvalue weighted by molar-refractivity contribution is 0.179. The first-order valence-electron chi connectivity index (χ1n) is 3.19. The zero-order chi connectivity index (χ0) is 9.98. The molecule has 0 rings (SSSR count). The average Bonchev–Trinajstić information content (AvgIpc) is 1.87. The van der Waals surface area contributed by atoms with Crippen LogP contribution in [0.15, 0.2) is 0 Å². The summed E-state index contributed by atoms with van der Waals surface area (Å²) in [5.41, 5.74) is -1.48. The Kier molecular flexibility index (Phi) is 12.3. The van der Waals surface area contributed by atoms with Gasteiger partial charge in [-0.05, 0) is 13.8 Å². The Hall–Kier alpha value is -0.480. The van der Waals surface area contributed by atoms with Crippen molar-refractivity contribution in [3.8, 4) is 0 Å². The molecule has 0 radical (unpaired) electrons. The number of hydrogen-bond acceptors (Lipinski definition) is 4. The Morgan fingerprint density at radius 1 is 1.00 bits per heavy atom. The van der Waals surface area contributed by atoms with Gasteiger partial charge in [0.1, 0.15) is 0 Å². The van der Waals surface area contributed by atoms with E-state index >= 15 is 0 Å². The van der Waals surface area contributed by atoms with E-state index in [4.69, 9.17) is 23.2 Å². The molecule has 0 amide bonds. The highest BCUT2D eigenvalue weighted by molar-refractivity contribution is 6.61. The molecule has 4 nitrogen and oxygen atoms in total. The van der Waals surface area contributed by atoms with Gasteiger partial charge in [-0.2, -0.15) is 0 Å². The number of carbonyl (C=O) groups excluding carboxylic acids is 2. The molecule has 0 aliphatic carbocycles. The van der Waals surface area contributed by atoms with Crippen molar-refractivity contribution in [2.45, 2.75) is 13.8 Å². The van der Waals surface area contributed by atoms with E-state index in [1.807, 2.05) is 0 Å². The third-order valence-corrected chi connectivity index (χ3v) is 0.734. The van der Waals surface area contributed by atoms with Gasteiger partial charge in [0.2, 0.25) is 0 Å². The van der Waals surface area contributed by atoms with E-state index in [9.17, 15) is 9.59 Å². The summed E-state index contributed by atoms with van der Waals surface area (Å²) in [5, 5.41) is 0. The highest BCUT2D eigenvalue weighted by atomic mass is 35.5. The number of rotatable bonds is 2. The molecule has 0 atom stereocenters. The third-order valence-electron chi connectivity index (χ3n) is 0.516. The molecule has 6 heteroatoms. The molecule has 0 bridgehead atoms. The Morgan fingerprint density at radius 2 is 1.25 bits per heavy atom. The summed E-state index contributed by atoms with van der Waals surface area (Å²) in [6.07, 6.45) is 0. The van der Waals surface area contributed by atoms with Crippen molar-refractivity contribution in [1.29, 1.82) is 0 Å². The predicted octanol–water partition coefficient (Wildman–Crippen LogP) is 2.76. The monoisotopic (exact) mass is 216 g/mol. The Bertz CT molecular complexity index is 122.